The van der Waals surface area contributed by atoms with Crippen LogP contribution in [0.4, 0.5) is 11.4 Å². The molecule has 2 aromatic carbocycles. The number of nitrogens with one attached hydrogen (secondary N) is 2. The number of carbonyl (C=O) groups is 1. The van der Waals surface area contributed by atoms with E-state index in [2.05, 4.69) is 26.6 Å². The molecule has 0 bridgehead atoms. The number of halogens is 1. The summed E-state index contributed by atoms with van der Waals surface area (Å²) in [4.78, 5) is 12.1. The molecule has 0 aliphatic rings. The number of rotatable bonds is 7. The van der Waals surface area contributed by atoms with Gasteiger partial charge in [0.2, 0.25) is 5.91 Å². The van der Waals surface area contributed by atoms with Crippen molar-refractivity contribution >= 4 is 33.2 Å². The number of anilines is 2. The van der Waals surface area contributed by atoms with Crippen LogP contribution in [-0.2, 0) is 4.79 Å². The lowest BCUT2D eigenvalue weighted by molar-refractivity contribution is -0.116. The van der Waals surface area contributed by atoms with E-state index >= 15 is 0 Å². The summed E-state index contributed by atoms with van der Waals surface area (Å²) in [7, 11) is 3.14. The van der Waals surface area contributed by atoms with E-state index < -0.39 is 0 Å². The third-order valence-corrected chi connectivity index (χ3v) is 4.03. The largest absolute Gasteiger partial charge is 0.497 e. The molecule has 0 radical (unpaired) electrons. The maximum Gasteiger partial charge on any atom is 0.226 e. The van der Waals surface area contributed by atoms with Crippen molar-refractivity contribution in [2.75, 3.05) is 31.4 Å². The van der Waals surface area contributed by atoms with Crippen LogP contribution in [0.1, 0.15) is 12.0 Å². The molecule has 24 heavy (non-hydrogen) atoms. The van der Waals surface area contributed by atoms with E-state index in [4.69, 9.17) is 9.47 Å². The minimum atomic E-state index is -0.0827. The van der Waals surface area contributed by atoms with Crippen LogP contribution in [0.15, 0.2) is 40.9 Å². The quantitative estimate of drug-likeness (QED) is 0.740. The summed E-state index contributed by atoms with van der Waals surface area (Å²) in [5.41, 5.74) is 2.78. The third kappa shape index (κ3) is 4.89. The van der Waals surface area contributed by atoms with Crippen LogP contribution in [0.5, 0.6) is 11.5 Å². The minimum absolute atomic E-state index is 0.0827. The molecule has 6 heteroatoms. The number of carbonyl (C=O) groups excluding carboxylic acids is 1. The summed E-state index contributed by atoms with van der Waals surface area (Å²) in [5.74, 6) is 1.16. The van der Waals surface area contributed by atoms with Gasteiger partial charge in [0.05, 0.1) is 19.9 Å². The molecule has 0 spiro atoms. The van der Waals surface area contributed by atoms with Crippen LogP contribution in [0.25, 0.3) is 0 Å². The summed E-state index contributed by atoms with van der Waals surface area (Å²) < 4.78 is 11.5. The van der Waals surface area contributed by atoms with Gasteiger partial charge in [-0.15, -0.1) is 0 Å². The summed E-state index contributed by atoms with van der Waals surface area (Å²) in [6, 6.07) is 11.3. The first-order valence-electron chi connectivity index (χ1n) is 7.55. The number of ether oxygens (including phenoxy) is 2. The molecule has 0 unspecified atom stereocenters. The molecular formula is C18H21BrN2O3. The van der Waals surface area contributed by atoms with Crippen LogP contribution in [0.2, 0.25) is 0 Å². The average Bonchev–Trinajstić information content (AvgIpc) is 2.57. The topological polar surface area (TPSA) is 59.6 Å². The Morgan fingerprint density at radius 3 is 2.50 bits per heavy atom. The second-order valence-corrected chi connectivity index (χ2v) is 6.17. The number of hydrogen-bond donors (Lipinski definition) is 2. The Morgan fingerprint density at radius 1 is 1.08 bits per heavy atom. The molecule has 1 amide bonds. The summed E-state index contributed by atoms with van der Waals surface area (Å²) in [5, 5.41) is 6.13. The van der Waals surface area contributed by atoms with Crippen molar-refractivity contribution in [3.8, 4) is 11.5 Å². The second kappa shape index (κ2) is 8.59. The van der Waals surface area contributed by atoms with Crippen molar-refractivity contribution in [2.45, 2.75) is 13.3 Å². The van der Waals surface area contributed by atoms with E-state index in [9.17, 15) is 4.79 Å². The lowest BCUT2D eigenvalue weighted by Crippen LogP contribution is -2.17. The molecule has 0 saturated heterocycles. The van der Waals surface area contributed by atoms with Gasteiger partial charge in [0.1, 0.15) is 11.5 Å². The van der Waals surface area contributed by atoms with Crippen molar-refractivity contribution in [3.63, 3.8) is 0 Å². The van der Waals surface area contributed by atoms with E-state index in [0.29, 0.717) is 30.2 Å². The van der Waals surface area contributed by atoms with Gasteiger partial charge in [0.15, 0.2) is 0 Å². The zero-order valence-corrected chi connectivity index (χ0v) is 15.6. The third-order valence-electron chi connectivity index (χ3n) is 3.54. The molecular weight excluding hydrogens is 372 g/mol. The van der Waals surface area contributed by atoms with Crippen LogP contribution in [0.3, 0.4) is 0 Å². The van der Waals surface area contributed by atoms with Crippen LogP contribution >= 0.6 is 15.9 Å². The lowest BCUT2D eigenvalue weighted by Gasteiger charge is -2.13. The smallest absolute Gasteiger partial charge is 0.226 e. The molecule has 0 atom stereocenters. The Labute approximate surface area is 150 Å². The zero-order valence-electron chi connectivity index (χ0n) is 14.0. The van der Waals surface area contributed by atoms with Gasteiger partial charge in [-0.1, -0.05) is 15.9 Å². The zero-order chi connectivity index (χ0) is 17.5. The Balaban J connectivity index is 1.89. The molecule has 5 nitrogen and oxygen atoms in total. The van der Waals surface area contributed by atoms with Crippen molar-refractivity contribution in [1.82, 2.24) is 0 Å². The molecule has 2 N–H and O–H groups in total. The fraction of sp³-hybridized carbons (Fsp3) is 0.278. The van der Waals surface area contributed by atoms with Crippen LogP contribution in [-0.4, -0.2) is 26.7 Å². The lowest BCUT2D eigenvalue weighted by atomic mass is 10.2. The first kappa shape index (κ1) is 18.1. The second-order valence-electron chi connectivity index (χ2n) is 5.25. The molecule has 0 fully saturated rings. The molecule has 0 saturated carbocycles. The van der Waals surface area contributed by atoms with E-state index in [1.165, 1.54) is 0 Å². The van der Waals surface area contributed by atoms with Crippen LogP contribution < -0.4 is 20.1 Å². The van der Waals surface area contributed by atoms with Gasteiger partial charge in [-0.3, -0.25) is 4.79 Å². The predicted molar refractivity (Wildman–Crippen MR) is 100 cm³/mol. The molecule has 0 aliphatic heterocycles. The summed E-state index contributed by atoms with van der Waals surface area (Å²) >= 11 is 3.44. The van der Waals surface area contributed by atoms with Gasteiger partial charge in [-0.05, 0) is 42.8 Å². The molecule has 2 rings (SSSR count). The molecule has 0 aromatic heterocycles. The summed E-state index contributed by atoms with van der Waals surface area (Å²) in [6.07, 6.45) is 0.352. The van der Waals surface area contributed by atoms with Crippen molar-refractivity contribution in [1.29, 1.82) is 0 Å². The highest BCUT2D eigenvalue weighted by Crippen LogP contribution is 2.29. The normalized spacial score (nSPS) is 10.2. The van der Waals surface area contributed by atoms with Gasteiger partial charge in [-0.25, -0.2) is 0 Å². The SMILES string of the molecule is COc1ccc(NC(=O)CCNc2ccc(Br)cc2C)c(OC)c1. The van der Waals surface area contributed by atoms with Gasteiger partial charge >= 0.3 is 0 Å². The standard InChI is InChI=1S/C18H21BrN2O3/c1-12-10-13(19)4-6-15(12)20-9-8-18(22)21-16-7-5-14(23-2)11-17(16)24-3/h4-7,10-11,20H,8-9H2,1-3H3,(H,21,22). The maximum absolute atomic E-state index is 12.1. The highest BCUT2D eigenvalue weighted by atomic mass is 79.9. The average molecular weight is 393 g/mol. The van der Waals surface area contributed by atoms with Gasteiger partial charge < -0.3 is 20.1 Å². The fourth-order valence-electron chi connectivity index (χ4n) is 2.25. The monoisotopic (exact) mass is 392 g/mol. The fourth-order valence-corrected chi connectivity index (χ4v) is 2.73. The van der Waals surface area contributed by atoms with Crippen molar-refractivity contribution in [3.05, 3.63) is 46.4 Å². The number of benzene rings is 2. The number of hydrogen-bond acceptors (Lipinski definition) is 4. The maximum atomic E-state index is 12.1. The minimum Gasteiger partial charge on any atom is -0.497 e. The first-order chi connectivity index (χ1) is 11.5. The Hall–Kier alpha value is -2.21. The molecule has 0 heterocycles. The Morgan fingerprint density at radius 2 is 1.83 bits per heavy atom. The molecule has 2 aromatic rings. The number of aryl methyl sites for hydroxylation is 1. The Bertz CT molecular complexity index is 719. The highest BCUT2D eigenvalue weighted by molar-refractivity contribution is 9.10. The van der Waals surface area contributed by atoms with Gasteiger partial charge in [-0.2, -0.15) is 0 Å². The van der Waals surface area contributed by atoms with Gasteiger partial charge in [0, 0.05) is 29.2 Å². The van der Waals surface area contributed by atoms with Crippen molar-refractivity contribution in [2.24, 2.45) is 0 Å². The van der Waals surface area contributed by atoms with E-state index in [0.717, 1.165) is 15.7 Å². The molecule has 128 valence electrons. The molecule has 0 aliphatic carbocycles. The number of amides is 1. The predicted octanol–water partition coefficient (Wildman–Crippen LogP) is 4.22. The number of methoxy groups -OCH3 is 2. The highest BCUT2D eigenvalue weighted by Gasteiger charge is 2.09. The van der Waals surface area contributed by atoms with E-state index in [1.807, 2.05) is 25.1 Å². The van der Waals surface area contributed by atoms with E-state index in [-0.39, 0.29) is 5.91 Å². The first-order valence-corrected chi connectivity index (χ1v) is 8.34. The Kier molecular flexibility index (Phi) is 6.49. The van der Waals surface area contributed by atoms with Gasteiger partial charge in [0.25, 0.3) is 0 Å². The van der Waals surface area contributed by atoms with Crippen LogP contribution in [0, 0.1) is 6.92 Å². The van der Waals surface area contributed by atoms with Crippen molar-refractivity contribution < 1.29 is 14.3 Å². The van der Waals surface area contributed by atoms with E-state index in [1.54, 1.807) is 32.4 Å². The summed E-state index contributed by atoms with van der Waals surface area (Å²) in [6.45, 7) is 2.57.